The van der Waals surface area contributed by atoms with Crippen LogP contribution in [-0.4, -0.2) is 29.8 Å². The summed E-state index contributed by atoms with van der Waals surface area (Å²) in [7, 11) is 0. The largest absolute Gasteiger partial charge is 0.484 e. The third kappa shape index (κ3) is 5.67. The molecule has 6 heteroatoms. The molecule has 1 N–H and O–H groups in total. The summed E-state index contributed by atoms with van der Waals surface area (Å²) in [5.41, 5.74) is 1.68. The molecule has 2 rings (SSSR count). The third-order valence-corrected chi connectivity index (χ3v) is 4.94. The van der Waals surface area contributed by atoms with E-state index in [9.17, 15) is 9.59 Å². The Balaban J connectivity index is 1.91. The van der Waals surface area contributed by atoms with Crippen molar-refractivity contribution >= 4 is 23.0 Å². The summed E-state index contributed by atoms with van der Waals surface area (Å²) in [6, 6.07) is 7.38. The predicted molar refractivity (Wildman–Crippen MR) is 100 cm³/mol. The number of ether oxygens (including phenoxy) is 1. The van der Waals surface area contributed by atoms with E-state index < -0.39 is 0 Å². The van der Waals surface area contributed by atoms with Gasteiger partial charge in [0.2, 0.25) is 0 Å². The minimum absolute atomic E-state index is 0.00227. The van der Waals surface area contributed by atoms with E-state index in [0.29, 0.717) is 23.1 Å². The van der Waals surface area contributed by atoms with Gasteiger partial charge in [0, 0.05) is 19.0 Å². The number of aryl methyl sites for hydroxylation is 1. The van der Waals surface area contributed by atoms with Crippen molar-refractivity contribution in [3.63, 3.8) is 0 Å². The Hall–Kier alpha value is -2.21. The van der Waals surface area contributed by atoms with Gasteiger partial charge in [-0.05, 0) is 43.5 Å². The summed E-state index contributed by atoms with van der Waals surface area (Å²) < 4.78 is 5.50. The molecule has 1 amide bonds. The summed E-state index contributed by atoms with van der Waals surface area (Å²) in [6.07, 6.45) is 0.954. The third-order valence-electron chi connectivity index (χ3n) is 3.63. The second-order valence-electron chi connectivity index (χ2n) is 6.34. The number of rotatable bonds is 8. The van der Waals surface area contributed by atoms with E-state index in [4.69, 9.17) is 4.74 Å². The Labute approximate surface area is 152 Å². The average molecular weight is 360 g/mol. The van der Waals surface area contributed by atoms with E-state index in [1.165, 1.54) is 11.3 Å². The zero-order valence-electron chi connectivity index (χ0n) is 15.1. The Bertz CT molecular complexity index is 736. The van der Waals surface area contributed by atoms with Gasteiger partial charge in [0.1, 0.15) is 10.8 Å². The molecule has 134 valence electrons. The Morgan fingerprint density at radius 3 is 2.48 bits per heavy atom. The monoisotopic (exact) mass is 360 g/mol. The predicted octanol–water partition coefficient (Wildman–Crippen LogP) is 3.86. The van der Waals surface area contributed by atoms with Gasteiger partial charge < -0.3 is 10.1 Å². The van der Waals surface area contributed by atoms with Crippen LogP contribution in [0.1, 0.15) is 42.6 Å². The number of amides is 1. The molecule has 0 atom stereocenters. The average Bonchev–Trinajstić information content (AvgIpc) is 2.95. The molecule has 25 heavy (non-hydrogen) atoms. The number of benzene rings is 1. The summed E-state index contributed by atoms with van der Waals surface area (Å²) in [5, 5.41) is 3.64. The number of Topliss-reactive ketones (excluding diaryl/α,β-unsaturated/α-hetero) is 1. The van der Waals surface area contributed by atoms with Crippen LogP contribution in [-0.2, 0) is 4.79 Å². The van der Waals surface area contributed by atoms with Gasteiger partial charge in [-0.25, -0.2) is 4.98 Å². The molecule has 0 spiro atoms. The minimum Gasteiger partial charge on any atom is -0.484 e. The van der Waals surface area contributed by atoms with E-state index in [2.05, 4.69) is 24.1 Å². The van der Waals surface area contributed by atoms with Gasteiger partial charge in [-0.2, -0.15) is 0 Å². The van der Waals surface area contributed by atoms with Crippen molar-refractivity contribution in [3.05, 3.63) is 34.8 Å². The Morgan fingerprint density at radius 1 is 1.24 bits per heavy atom. The maximum absolute atomic E-state index is 11.7. The van der Waals surface area contributed by atoms with Crippen LogP contribution in [0.5, 0.6) is 5.75 Å². The second-order valence-corrected chi connectivity index (χ2v) is 7.33. The molecule has 0 radical (unpaired) electrons. The molecule has 5 nitrogen and oxygen atoms in total. The number of carbonyl (C=O) groups excluding carboxylic acids is 2. The first-order chi connectivity index (χ1) is 11.9. The molecule has 1 heterocycles. The van der Waals surface area contributed by atoms with E-state index in [1.807, 2.05) is 19.1 Å². The summed E-state index contributed by atoms with van der Waals surface area (Å²) in [4.78, 5) is 28.4. The number of carbonyl (C=O) groups is 2. The van der Waals surface area contributed by atoms with Gasteiger partial charge in [0.05, 0.1) is 10.6 Å². The van der Waals surface area contributed by atoms with E-state index in [1.54, 1.807) is 19.1 Å². The first-order valence-corrected chi connectivity index (χ1v) is 9.16. The molecule has 0 bridgehead atoms. The van der Waals surface area contributed by atoms with E-state index in [0.717, 1.165) is 22.7 Å². The molecule has 1 aromatic heterocycles. The number of thiazole rings is 1. The van der Waals surface area contributed by atoms with E-state index in [-0.39, 0.29) is 18.3 Å². The highest BCUT2D eigenvalue weighted by molar-refractivity contribution is 7.17. The number of ketones is 1. The topological polar surface area (TPSA) is 68.3 Å². The first kappa shape index (κ1) is 19.1. The lowest BCUT2D eigenvalue weighted by molar-refractivity contribution is -0.123. The molecular formula is C19H24N2O3S. The maximum atomic E-state index is 11.7. The van der Waals surface area contributed by atoms with Crippen LogP contribution in [0.4, 0.5) is 0 Å². The van der Waals surface area contributed by atoms with Gasteiger partial charge in [-0.1, -0.05) is 13.8 Å². The van der Waals surface area contributed by atoms with Crippen LogP contribution in [0.3, 0.4) is 0 Å². The van der Waals surface area contributed by atoms with Crippen molar-refractivity contribution < 1.29 is 14.3 Å². The summed E-state index contributed by atoms with van der Waals surface area (Å²) in [5.74, 6) is 1.10. The van der Waals surface area contributed by atoms with Crippen LogP contribution in [0.15, 0.2) is 24.3 Å². The van der Waals surface area contributed by atoms with Crippen molar-refractivity contribution in [2.24, 2.45) is 5.92 Å². The van der Waals surface area contributed by atoms with Gasteiger partial charge in [0.15, 0.2) is 12.4 Å². The number of nitrogens with one attached hydrogen (secondary N) is 1. The molecule has 0 aliphatic carbocycles. The number of nitrogens with zero attached hydrogens (tertiary/aromatic N) is 1. The standard InChI is InChI=1S/C19H24N2O3S/c1-12(2)9-10-20-17(23)11-24-16-7-5-15(6-8-16)19-21-13(3)18(25-19)14(4)22/h5-8,12H,9-11H2,1-4H3,(H,20,23). The second kappa shape index (κ2) is 8.76. The molecule has 0 fully saturated rings. The fourth-order valence-corrected chi connectivity index (χ4v) is 3.21. The smallest absolute Gasteiger partial charge is 0.257 e. The Morgan fingerprint density at radius 2 is 1.92 bits per heavy atom. The molecule has 0 saturated heterocycles. The van der Waals surface area contributed by atoms with Crippen molar-refractivity contribution in [1.82, 2.24) is 10.3 Å². The zero-order valence-corrected chi connectivity index (χ0v) is 15.9. The van der Waals surface area contributed by atoms with Crippen LogP contribution in [0, 0.1) is 12.8 Å². The van der Waals surface area contributed by atoms with Gasteiger partial charge in [-0.3, -0.25) is 9.59 Å². The van der Waals surface area contributed by atoms with Crippen molar-refractivity contribution in [2.75, 3.05) is 13.2 Å². The number of hydrogen-bond acceptors (Lipinski definition) is 5. The number of hydrogen-bond donors (Lipinski definition) is 1. The van der Waals surface area contributed by atoms with Gasteiger partial charge >= 0.3 is 0 Å². The molecule has 0 saturated carbocycles. The lowest BCUT2D eigenvalue weighted by Crippen LogP contribution is -2.30. The van der Waals surface area contributed by atoms with Crippen molar-refractivity contribution in [3.8, 4) is 16.3 Å². The fraction of sp³-hybridized carbons (Fsp3) is 0.421. The lowest BCUT2D eigenvalue weighted by atomic mass is 10.1. The minimum atomic E-state index is -0.119. The normalized spacial score (nSPS) is 10.8. The van der Waals surface area contributed by atoms with E-state index >= 15 is 0 Å². The highest BCUT2D eigenvalue weighted by atomic mass is 32.1. The number of aromatic nitrogens is 1. The van der Waals surface area contributed by atoms with Crippen molar-refractivity contribution in [2.45, 2.75) is 34.1 Å². The lowest BCUT2D eigenvalue weighted by Gasteiger charge is -2.09. The van der Waals surface area contributed by atoms with Crippen LogP contribution < -0.4 is 10.1 Å². The van der Waals surface area contributed by atoms with Gasteiger partial charge in [0.25, 0.3) is 5.91 Å². The first-order valence-electron chi connectivity index (χ1n) is 8.35. The SMILES string of the molecule is CC(=O)c1sc(-c2ccc(OCC(=O)NCCC(C)C)cc2)nc1C. The molecule has 0 aliphatic heterocycles. The molecule has 0 unspecified atom stereocenters. The maximum Gasteiger partial charge on any atom is 0.257 e. The van der Waals surface area contributed by atoms with Crippen molar-refractivity contribution in [1.29, 1.82) is 0 Å². The molecule has 0 aliphatic rings. The highest BCUT2D eigenvalue weighted by Gasteiger charge is 2.13. The fourth-order valence-electron chi connectivity index (χ4n) is 2.24. The zero-order chi connectivity index (χ0) is 18.4. The summed E-state index contributed by atoms with van der Waals surface area (Å²) in [6.45, 7) is 8.30. The van der Waals surface area contributed by atoms with Crippen LogP contribution >= 0.6 is 11.3 Å². The highest BCUT2D eigenvalue weighted by Crippen LogP contribution is 2.29. The molecule has 1 aromatic carbocycles. The molecular weight excluding hydrogens is 336 g/mol. The van der Waals surface area contributed by atoms with Gasteiger partial charge in [-0.15, -0.1) is 11.3 Å². The molecule has 2 aromatic rings. The van der Waals surface area contributed by atoms with Crippen LogP contribution in [0.2, 0.25) is 0 Å². The van der Waals surface area contributed by atoms with Crippen LogP contribution in [0.25, 0.3) is 10.6 Å². The quantitative estimate of drug-likeness (QED) is 0.726. The Kier molecular flexibility index (Phi) is 6.70. The summed E-state index contributed by atoms with van der Waals surface area (Å²) >= 11 is 1.39.